The normalized spacial score (nSPS) is 12.8. The van der Waals surface area contributed by atoms with Gasteiger partial charge >= 0.3 is 0 Å². The number of methoxy groups -OCH3 is 4. The highest BCUT2D eigenvalue weighted by Crippen LogP contribution is 2.40. The van der Waals surface area contributed by atoms with Gasteiger partial charge in [-0.05, 0) is 60.6 Å². The van der Waals surface area contributed by atoms with Crippen molar-refractivity contribution in [2.75, 3.05) is 48.3 Å². The van der Waals surface area contributed by atoms with Gasteiger partial charge in [0.1, 0.15) is 6.80 Å². The first-order valence-electron chi connectivity index (χ1n) is 11.5. The van der Waals surface area contributed by atoms with E-state index in [2.05, 4.69) is 6.07 Å². The van der Waals surface area contributed by atoms with Crippen LogP contribution in [0.4, 0.5) is 4.39 Å². The third kappa shape index (κ3) is 6.32. The lowest BCUT2D eigenvalue weighted by Gasteiger charge is -2.32. The number of hydrogen-bond acceptors (Lipinski definition) is 6. The zero-order valence-electron chi connectivity index (χ0n) is 21.2. The van der Waals surface area contributed by atoms with Crippen LogP contribution in [0.3, 0.4) is 0 Å². The van der Waals surface area contributed by atoms with Gasteiger partial charge in [-0.1, -0.05) is 26.0 Å². The third-order valence-corrected chi connectivity index (χ3v) is 6.46. The topological polar surface area (TPSA) is 64.0 Å². The summed E-state index contributed by atoms with van der Waals surface area (Å²) in [6.07, 6.45) is 1.99. The Labute approximate surface area is 203 Å². The minimum atomic E-state index is -0.703. The Hall–Kier alpha value is -2.98. The minimum Gasteiger partial charge on any atom is -0.493 e. The number of rotatable bonds is 14. The van der Waals surface area contributed by atoms with Gasteiger partial charge in [-0.25, -0.2) is 4.39 Å². The fraction of sp³-hybridized carbons (Fsp3) is 0.519. The van der Waals surface area contributed by atoms with Crippen molar-refractivity contribution in [2.24, 2.45) is 5.92 Å². The number of halogens is 1. The van der Waals surface area contributed by atoms with E-state index in [1.165, 1.54) is 0 Å². The second-order valence-electron chi connectivity index (χ2n) is 8.59. The molecular formula is C27H37FN2O4. The molecule has 0 aliphatic rings. The molecule has 1 atom stereocenters. The van der Waals surface area contributed by atoms with Crippen molar-refractivity contribution in [2.45, 2.75) is 38.5 Å². The van der Waals surface area contributed by atoms with Crippen LogP contribution < -0.4 is 18.9 Å². The van der Waals surface area contributed by atoms with Crippen LogP contribution >= 0.6 is 0 Å². The number of nitriles is 1. The molecule has 0 aromatic heterocycles. The summed E-state index contributed by atoms with van der Waals surface area (Å²) >= 11 is 0. The van der Waals surface area contributed by atoms with Crippen molar-refractivity contribution in [3.63, 3.8) is 0 Å². The van der Waals surface area contributed by atoms with Crippen molar-refractivity contribution < 1.29 is 23.3 Å². The van der Waals surface area contributed by atoms with Gasteiger partial charge in [-0.2, -0.15) is 5.26 Å². The van der Waals surface area contributed by atoms with Crippen LogP contribution in [0, 0.1) is 17.2 Å². The number of alkyl halides is 1. The summed E-state index contributed by atoms with van der Waals surface area (Å²) in [5.41, 5.74) is 1.24. The Morgan fingerprint density at radius 1 is 0.882 bits per heavy atom. The largest absolute Gasteiger partial charge is 0.493 e. The Morgan fingerprint density at radius 2 is 1.47 bits per heavy atom. The van der Waals surface area contributed by atoms with Crippen molar-refractivity contribution in [3.8, 4) is 29.1 Å². The van der Waals surface area contributed by atoms with E-state index in [9.17, 15) is 9.65 Å². The van der Waals surface area contributed by atoms with Crippen molar-refractivity contribution >= 4 is 0 Å². The third-order valence-electron chi connectivity index (χ3n) is 6.46. The molecule has 0 radical (unpaired) electrons. The molecule has 186 valence electrons. The molecule has 2 rings (SSSR count). The van der Waals surface area contributed by atoms with E-state index in [4.69, 9.17) is 18.9 Å². The van der Waals surface area contributed by atoms with E-state index in [1.807, 2.05) is 50.2 Å². The number of nitrogens with zero attached hydrogens (tertiary/aromatic N) is 2. The Bertz CT molecular complexity index is 960. The average molecular weight is 472 g/mol. The summed E-state index contributed by atoms with van der Waals surface area (Å²) in [6.45, 7) is 4.69. The van der Waals surface area contributed by atoms with Crippen LogP contribution in [-0.2, 0) is 11.8 Å². The maximum absolute atomic E-state index is 13.8. The maximum atomic E-state index is 13.8. The number of benzene rings is 2. The Kier molecular flexibility index (Phi) is 10.5. The summed E-state index contributed by atoms with van der Waals surface area (Å²) in [4.78, 5) is 1.77. The summed E-state index contributed by atoms with van der Waals surface area (Å²) in [6, 6.07) is 13.9. The van der Waals surface area contributed by atoms with E-state index in [0.717, 1.165) is 11.1 Å². The van der Waals surface area contributed by atoms with E-state index in [-0.39, 0.29) is 5.92 Å². The summed E-state index contributed by atoms with van der Waals surface area (Å²) in [7, 11) is 6.38. The van der Waals surface area contributed by atoms with E-state index in [1.54, 1.807) is 33.3 Å². The molecule has 0 saturated heterocycles. The molecule has 7 heteroatoms. The van der Waals surface area contributed by atoms with Gasteiger partial charge in [0, 0.05) is 13.1 Å². The van der Waals surface area contributed by atoms with Gasteiger partial charge in [0.05, 0.1) is 39.9 Å². The van der Waals surface area contributed by atoms with Gasteiger partial charge < -0.3 is 18.9 Å². The van der Waals surface area contributed by atoms with Crippen LogP contribution in [-0.4, -0.2) is 53.2 Å². The van der Waals surface area contributed by atoms with Crippen molar-refractivity contribution in [1.29, 1.82) is 5.26 Å². The lowest BCUT2D eigenvalue weighted by atomic mass is 9.69. The van der Waals surface area contributed by atoms with E-state index in [0.29, 0.717) is 55.4 Å². The summed E-state index contributed by atoms with van der Waals surface area (Å²) < 4.78 is 35.2. The van der Waals surface area contributed by atoms with Gasteiger partial charge in [-0.3, -0.25) is 4.90 Å². The van der Waals surface area contributed by atoms with Crippen LogP contribution in [0.1, 0.15) is 37.8 Å². The quantitative estimate of drug-likeness (QED) is 0.344. The highest BCUT2D eigenvalue weighted by atomic mass is 18.2. The minimum absolute atomic E-state index is 0.0705. The number of hydrogen-bond donors (Lipinski definition) is 0. The molecule has 0 aliphatic carbocycles. The SMILES string of the molecule is COc1ccc(CCN(C[18F])CCC[C@@](C#N)(c2ccc(OC)c(OC)c2)C(C)C)cc1OC. The molecule has 0 heterocycles. The summed E-state index contributed by atoms with van der Waals surface area (Å²) in [5.74, 6) is 2.63. The highest BCUT2D eigenvalue weighted by Gasteiger charge is 2.36. The lowest BCUT2D eigenvalue weighted by Crippen LogP contribution is -2.33. The molecule has 0 saturated carbocycles. The molecule has 0 aliphatic heterocycles. The van der Waals surface area contributed by atoms with Gasteiger partial charge in [0.2, 0.25) is 0 Å². The standard InChI is InChI=1S/C27H37FN2O4/c1-20(2)27(18-29,22-9-11-24(32-4)26(17-22)34-6)13-7-14-30(19-28)15-12-21-8-10-23(31-3)25(16-21)33-5/h8-11,16-17,20H,7,12-15,19H2,1-6H3/t27-/m0/s1/i28-1. The molecule has 0 N–H and O–H groups in total. The van der Waals surface area contributed by atoms with Crippen LogP contribution in [0.2, 0.25) is 0 Å². The van der Waals surface area contributed by atoms with E-state index < -0.39 is 12.2 Å². The van der Waals surface area contributed by atoms with Gasteiger partial charge in [0.25, 0.3) is 0 Å². The van der Waals surface area contributed by atoms with Gasteiger partial charge in [0.15, 0.2) is 23.0 Å². The van der Waals surface area contributed by atoms with Crippen molar-refractivity contribution in [3.05, 3.63) is 47.5 Å². The fourth-order valence-corrected chi connectivity index (χ4v) is 4.27. The van der Waals surface area contributed by atoms with Gasteiger partial charge in [-0.15, -0.1) is 0 Å². The number of ether oxygens (including phenoxy) is 4. The maximum Gasteiger partial charge on any atom is 0.161 e. The predicted molar refractivity (Wildman–Crippen MR) is 132 cm³/mol. The lowest BCUT2D eigenvalue weighted by molar-refractivity contribution is 0.178. The average Bonchev–Trinajstić information content (AvgIpc) is 2.87. The molecule has 0 bridgehead atoms. The zero-order valence-corrected chi connectivity index (χ0v) is 21.2. The van der Waals surface area contributed by atoms with Crippen molar-refractivity contribution in [1.82, 2.24) is 4.90 Å². The first-order valence-corrected chi connectivity index (χ1v) is 11.5. The first-order chi connectivity index (χ1) is 16.4. The zero-order chi connectivity index (χ0) is 25.1. The predicted octanol–water partition coefficient (Wildman–Crippen LogP) is 5.39. The monoisotopic (exact) mass is 471 g/mol. The molecule has 0 fully saturated rings. The molecular weight excluding hydrogens is 434 g/mol. The molecule has 34 heavy (non-hydrogen) atoms. The Balaban J connectivity index is 2.07. The van der Waals surface area contributed by atoms with Crippen LogP contribution in [0.5, 0.6) is 23.0 Å². The molecule has 2 aromatic carbocycles. The fourth-order valence-electron chi connectivity index (χ4n) is 4.27. The summed E-state index contributed by atoms with van der Waals surface area (Å²) in [5, 5.41) is 10.2. The second kappa shape index (κ2) is 13.0. The van der Waals surface area contributed by atoms with Crippen LogP contribution in [0.25, 0.3) is 0 Å². The molecule has 2 aromatic rings. The molecule has 0 spiro atoms. The molecule has 6 nitrogen and oxygen atoms in total. The highest BCUT2D eigenvalue weighted by molar-refractivity contribution is 5.47. The second-order valence-corrected chi connectivity index (χ2v) is 8.59. The first kappa shape index (κ1) is 27.3. The molecule has 0 unspecified atom stereocenters. The molecule has 0 amide bonds. The van der Waals surface area contributed by atoms with Crippen LogP contribution in [0.15, 0.2) is 36.4 Å². The Morgan fingerprint density at radius 3 is 2.00 bits per heavy atom. The van der Waals surface area contributed by atoms with E-state index >= 15 is 0 Å². The smallest absolute Gasteiger partial charge is 0.161 e.